The minimum absolute atomic E-state index is 0.0153. The number of halogens is 2. The molecule has 0 amide bonds. The van der Waals surface area contributed by atoms with E-state index in [1.54, 1.807) is 6.07 Å². The Bertz CT molecular complexity index is 1600. The van der Waals surface area contributed by atoms with Gasteiger partial charge in [0, 0.05) is 30.9 Å². The maximum Gasteiger partial charge on any atom is 0.230 e. The zero-order valence-electron chi connectivity index (χ0n) is 25.9. The van der Waals surface area contributed by atoms with E-state index >= 15 is 4.39 Å². The number of likely N-dealkylation sites (N-methyl/N-ethyl adjacent to an activating group) is 1. The highest BCUT2D eigenvalue weighted by molar-refractivity contribution is 5.76. The summed E-state index contributed by atoms with van der Waals surface area (Å²) in [5, 5.41) is 3.04. The highest BCUT2D eigenvalue weighted by Gasteiger charge is 2.26. The number of aromatic nitrogens is 5. The number of imidazole rings is 1. The molecule has 0 unspecified atom stereocenters. The van der Waals surface area contributed by atoms with Gasteiger partial charge in [-0.1, -0.05) is 13.8 Å². The van der Waals surface area contributed by atoms with E-state index in [1.165, 1.54) is 11.6 Å². The molecule has 2 aliphatic rings. The summed E-state index contributed by atoms with van der Waals surface area (Å²) in [4.78, 5) is 28.0. The summed E-state index contributed by atoms with van der Waals surface area (Å²) in [6.07, 6.45) is 5.19. The summed E-state index contributed by atoms with van der Waals surface area (Å²) in [5.74, 6) is -0.0558. The van der Waals surface area contributed by atoms with E-state index in [2.05, 4.69) is 60.0 Å². The second-order valence-corrected chi connectivity index (χ2v) is 11.8. The zero-order valence-corrected chi connectivity index (χ0v) is 25.9. The first-order chi connectivity index (χ1) is 21.3. The summed E-state index contributed by atoms with van der Waals surface area (Å²) in [7, 11) is 0. The van der Waals surface area contributed by atoms with E-state index in [-0.39, 0.29) is 23.4 Å². The van der Waals surface area contributed by atoms with Gasteiger partial charge in [0.25, 0.3) is 0 Å². The molecule has 0 spiro atoms. The number of anilines is 3. The number of nitrogens with zero attached hydrogens (tertiary/aromatic N) is 7. The van der Waals surface area contributed by atoms with Gasteiger partial charge in [-0.3, -0.25) is 5.32 Å². The average Bonchev–Trinajstić information content (AvgIpc) is 3.44. The monoisotopic (exact) mass is 605 g/mol. The number of ether oxygens (including phenoxy) is 1. The molecular weight excluding hydrogens is 564 g/mol. The van der Waals surface area contributed by atoms with Crippen molar-refractivity contribution in [2.75, 3.05) is 62.6 Å². The van der Waals surface area contributed by atoms with Crippen LogP contribution in [0.1, 0.15) is 52.0 Å². The fourth-order valence-corrected chi connectivity index (χ4v) is 6.22. The smallest absolute Gasteiger partial charge is 0.230 e. The molecule has 0 atom stereocenters. The normalized spacial score (nSPS) is 16.1. The summed E-state index contributed by atoms with van der Waals surface area (Å²) in [6, 6.07) is 5.21. The first-order valence-electron chi connectivity index (χ1n) is 15.7. The van der Waals surface area contributed by atoms with Crippen LogP contribution in [0.15, 0.2) is 30.6 Å². The van der Waals surface area contributed by atoms with Crippen LogP contribution in [0.3, 0.4) is 0 Å². The van der Waals surface area contributed by atoms with Gasteiger partial charge in [-0.2, -0.15) is 4.98 Å². The standard InChI is InChI=1S/C32H41F2N9O/c1-5-41(6-2)11-12-42-9-7-21(8-10-42)23-16-26-30(35-18-23)39-32(37-26)40-31-36-19-25(34)28(38-31)22-15-24(33)29-27(17-22)43(20(3)4)13-14-44-29/h15-21H,5-14H2,1-4H3,(H2,35,36,37,38,39,40). The van der Waals surface area contributed by atoms with Crippen LogP contribution in [0.5, 0.6) is 5.75 Å². The third-order valence-electron chi connectivity index (χ3n) is 8.83. The number of hydrogen-bond donors (Lipinski definition) is 2. The topological polar surface area (TPSA) is 98.3 Å². The van der Waals surface area contributed by atoms with Gasteiger partial charge in [0.1, 0.15) is 12.3 Å². The van der Waals surface area contributed by atoms with E-state index in [1.807, 2.05) is 24.9 Å². The minimum Gasteiger partial charge on any atom is -0.486 e. The maximum absolute atomic E-state index is 15.1. The third kappa shape index (κ3) is 6.32. The fraction of sp³-hybridized carbons (Fsp3) is 0.500. The molecule has 1 fully saturated rings. The van der Waals surface area contributed by atoms with E-state index in [9.17, 15) is 4.39 Å². The molecule has 6 rings (SSSR count). The van der Waals surface area contributed by atoms with Crippen molar-refractivity contribution in [2.24, 2.45) is 0 Å². The van der Waals surface area contributed by atoms with Crippen LogP contribution in [0.2, 0.25) is 0 Å². The molecule has 1 saturated heterocycles. The molecule has 2 aliphatic heterocycles. The molecule has 4 aromatic rings. The number of rotatable bonds is 10. The van der Waals surface area contributed by atoms with Gasteiger partial charge in [-0.15, -0.1) is 0 Å². The predicted molar refractivity (Wildman–Crippen MR) is 169 cm³/mol. The Morgan fingerprint density at radius 1 is 1.02 bits per heavy atom. The number of H-pyrrole nitrogens is 1. The lowest BCUT2D eigenvalue weighted by atomic mass is 9.90. The number of aromatic amines is 1. The van der Waals surface area contributed by atoms with Gasteiger partial charge >= 0.3 is 0 Å². The van der Waals surface area contributed by atoms with Gasteiger partial charge in [0.05, 0.1) is 23.9 Å². The maximum atomic E-state index is 15.1. The lowest BCUT2D eigenvalue weighted by molar-refractivity contribution is 0.178. The van der Waals surface area contributed by atoms with Crippen LogP contribution in [0, 0.1) is 11.6 Å². The minimum atomic E-state index is -0.655. The van der Waals surface area contributed by atoms with Crippen LogP contribution >= 0.6 is 0 Å². The van der Waals surface area contributed by atoms with Crippen molar-refractivity contribution in [1.29, 1.82) is 0 Å². The third-order valence-corrected chi connectivity index (χ3v) is 8.83. The van der Waals surface area contributed by atoms with E-state index in [4.69, 9.17) is 4.74 Å². The van der Waals surface area contributed by atoms with Crippen LogP contribution < -0.4 is 15.0 Å². The first kappa shape index (κ1) is 30.1. The molecule has 5 heterocycles. The summed E-state index contributed by atoms with van der Waals surface area (Å²) < 4.78 is 35.6. The molecule has 44 heavy (non-hydrogen) atoms. The molecule has 10 nitrogen and oxygen atoms in total. The SMILES string of the molecule is CCN(CC)CCN1CCC(c2cnc3nc(Nc4ncc(F)c(-c5cc(F)c6c(c5)N(C(C)C)CCO6)n4)[nH]c3c2)CC1. The van der Waals surface area contributed by atoms with E-state index < -0.39 is 11.6 Å². The van der Waals surface area contributed by atoms with Gasteiger partial charge in [0.2, 0.25) is 11.9 Å². The quantitative estimate of drug-likeness (QED) is 0.241. The van der Waals surface area contributed by atoms with Gasteiger partial charge < -0.3 is 24.4 Å². The number of pyridine rings is 1. The molecule has 0 bridgehead atoms. The number of nitrogens with one attached hydrogen (secondary N) is 2. The number of benzene rings is 1. The molecule has 234 valence electrons. The van der Waals surface area contributed by atoms with Crippen LogP contribution in [0.4, 0.5) is 26.4 Å². The van der Waals surface area contributed by atoms with Crippen LogP contribution in [-0.2, 0) is 0 Å². The molecule has 0 aliphatic carbocycles. The molecule has 12 heteroatoms. The van der Waals surface area contributed by atoms with Gasteiger partial charge in [-0.05, 0) is 82.5 Å². The summed E-state index contributed by atoms with van der Waals surface area (Å²) >= 11 is 0. The lowest BCUT2D eigenvalue weighted by Crippen LogP contribution is -2.39. The van der Waals surface area contributed by atoms with Crippen molar-refractivity contribution in [1.82, 2.24) is 34.7 Å². The first-order valence-corrected chi connectivity index (χ1v) is 15.7. The van der Waals surface area contributed by atoms with E-state index in [0.717, 1.165) is 63.8 Å². The predicted octanol–water partition coefficient (Wildman–Crippen LogP) is 5.57. The summed E-state index contributed by atoms with van der Waals surface area (Å²) in [6.45, 7) is 16.1. The molecule has 3 aromatic heterocycles. The largest absolute Gasteiger partial charge is 0.486 e. The van der Waals surface area contributed by atoms with E-state index in [0.29, 0.717) is 41.9 Å². The second-order valence-electron chi connectivity index (χ2n) is 11.8. The Kier molecular flexibility index (Phi) is 8.90. The lowest BCUT2D eigenvalue weighted by Gasteiger charge is -2.34. The Morgan fingerprint density at radius 2 is 1.82 bits per heavy atom. The van der Waals surface area contributed by atoms with Crippen molar-refractivity contribution in [3.05, 3.63) is 47.8 Å². The van der Waals surface area contributed by atoms with Crippen LogP contribution in [0.25, 0.3) is 22.4 Å². The highest BCUT2D eigenvalue weighted by atomic mass is 19.1. The van der Waals surface area contributed by atoms with Crippen LogP contribution in [-0.4, -0.2) is 93.2 Å². The number of fused-ring (bicyclic) bond motifs is 2. The highest BCUT2D eigenvalue weighted by Crippen LogP contribution is 2.39. The molecule has 0 saturated carbocycles. The van der Waals surface area contributed by atoms with Gasteiger partial charge in [0.15, 0.2) is 23.0 Å². The Labute approximate surface area is 256 Å². The molecule has 0 radical (unpaired) electrons. The van der Waals surface area contributed by atoms with Crippen molar-refractivity contribution >= 4 is 28.7 Å². The Hall–Kier alpha value is -3.90. The molecule has 1 aromatic carbocycles. The van der Waals surface area contributed by atoms with Crippen molar-refractivity contribution in [3.8, 4) is 17.0 Å². The second kappa shape index (κ2) is 13.0. The Morgan fingerprint density at radius 3 is 2.57 bits per heavy atom. The molecular formula is C32H41F2N9O. The van der Waals surface area contributed by atoms with Gasteiger partial charge in [-0.25, -0.2) is 23.7 Å². The average molecular weight is 606 g/mol. The van der Waals surface area contributed by atoms with Crippen molar-refractivity contribution in [3.63, 3.8) is 0 Å². The zero-order chi connectivity index (χ0) is 30.8. The molecule has 2 N–H and O–H groups in total. The Balaban J connectivity index is 1.16. The fourth-order valence-electron chi connectivity index (χ4n) is 6.22. The summed E-state index contributed by atoms with van der Waals surface area (Å²) in [5.41, 5.74) is 3.44. The number of hydrogen-bond acceptors (Lipinski definition) is 9. The number of likely N-dealkylation sites (tertiary alicyclic amines) is 1. The number of piperidine rings is 1. The van der Waals surface area contributed by atoms with Crippen molar-refractivity contribution < 1.29 is 13.5 Å². The van der Waals surface area contributed by atoms with Crippen molar-refractivity contribution in [2.45, 2.75) is 52.5 Å².